The number of amides is 1. The summed E-state index contributed by atoms with van der Waals surface area (Å²) in [5.41, 5.74) is 3.60. The Morgan fingerprint density at radius 1 is 1.06 bits per heavy atom. The summed E-state index contributed by atoms with van der Waals surface area (Å²) < 4.78 is 12.7. The molecule has 0 fully saturated rings. The SMILES string of the molecule is CCOc1cccc2cc(C(=O)N(Cc3ccccc3)c3nc4c(C)cccc4s3)oc12. The van der Waals surface area contributed by atoms with Crippen molar-refractivity contribution >= 4 is 43.6 Å². The van der Waals surface area contributed by atoms with E-state index < -0.39 is 0 Å². The lowest BCUT2D eigenvalue weighted by atomic mass is 10.2. The molecule has 0 aliphatic carbocycles. The summed E-state index contributed by atoms with van der Waals surface area (Å²) in [6.07, 6.45) is 0. The van der Waals surface area contributed by atoms with Crippen molar-refractivity contribution in [1.82, 2.24) is 4.98 Å². The number of benzene rings is 3. The summed E-state index contributed by atoms with van der Waals surface area (Å²) in [5, 5.41) is 1.48. The second kappa shape index (κ2) is 8.48. The Morgan fingerprint density at radius 2 is 1.88 bits per heavy atom. The monoisotopic (exact) mass is 442 g/mol. The molecule has 0 saturated heterocycles. The summed E-state index contributed by atoms with van der Waals surface area (Å²) >= 11 is 1.51. The number of rotatable bonds is 6. The van der Waals surface area contributed by atoms with Gasteiger partial charge in [0.25, 0.3) is 5.91 Å². The van der Waals surface area contributed by atoms with E-state index >= 15 is 0 Å². The van der Waals surface area contributed by atoms with Crippen LogP contribution in [0.25, 0.3) is 21.2 Å². The summed E-state index contributed by atoms with van der Waals surface area (Å²) in [5.74, 6) is 0.664. The Kier molecular flexibility index (Phi) is 5.37. The van der Waals surface area contributed by atoms with Gasteiger partial charge in [0.05, 0.1) is 23.4 Å². The number of fused-ring (bicyclic) bond motifs is 2. The van der Waals surface area contributed by atoms with Crippen LogP contribution < -0.4 is 9.64 Å². The zero-order chi connectivity index (χ0) is 22.1. The smallest absolute Gasteiger partial charge is 0.296 e. The van der Waals surface area contributed by atoms with E-state index in [1.165, 1.54) is 11.3 Å². The molecule has 2 aromatic heterocycles. The van der Waals surface area contributed by atoms with Gasteiger partial charge in [0.2, 0.25) is 0 Å². The van der Waals surface area contributed by atoms with Crippen molar-refractivity contribution in [3.63, 3.8) is 0 Å². The number of thiazole rings is 1. The van der Waals surface area contributed by atoms with Gasteiger partial charge in [-0.05, 0) is 43.2 Å². The van der Waals surface area contributed by atoms with E-state index in [4.69, 9.17) is 14.1 Å². The van der Waals surface area contributed by atoms with Gasteiger partial charge in [0, 0.05) is 5.39 Å². The Bertz CT molecular complexity index is 1400. The first-order valence-electron chi connectivity index (χ1n) is 10.5. The van der Waals surface area contributed by atoms with Crippen LogP contribution in [0.1, 0.15) is 28.6 Å². The molecule has 160 valence electrons. The van der Waals surface area contributed by atoms with Crippen LogP contribution in [0.5, 0.6) is 5.75 Å². The molecular weight excluding hydrogens is 420 g/mol. The first-order chi connectivity index (χ1) is 15.6. The number of hydrogen-bond donors (Lipinski definition) is 0. The van der Waals surface area contributed by atoms with Gasteiger partial charge in [-0.25, -0.2) is 4.98 Å². The maximum absolute atomic E-state index is 13.7. The van der Waals surface area contributed by atoms with E-state index in [1.54, 1.807) is 11.0 Å². The highest BCUT2D eigenvalue weighted by molar-refractivity contribution is 7.22. The van der Waals surface area contributed by atoms with Gasteiger partial charge >= 0.3 is 0 Å². The number of carbonyl (C=O) groups is 1. The predicted molar refractivity (Wildman–Crippen MR) is 129 cm³/mol. The third-order valence-corrected chi connectivity index (χ3v) is 6.33. The fraction of sp³-hybridized carbons (Fsp3) is 0.154. The lowest BCUT2D eigenvalue weighted by Gasteiger charge is -2.18. The van der Waals surface area contributed by atoms with Gasteiger partial charge in [0.1, 0.15) is 0 Å². The number of furan rings is 1. The number of aryl methyl sites for hydroxylation is 1. The highest BCUT2D eigenvalue weighted by Gasteiger charge is 2.25. The maximum atomic E-state index is 13.7. The van der Waals surface area contributed by atoms with Crippen LogP contribution in [-0.2, 0) is 6.54 Å². The minimum absolute atomic E-state index is 0.232. The number of anilines is 1. The van der Waals surface area contributed by atoms with Crippen molar-refractivity contribution in [2.24, 2.45) is 0 Å². The van der Waals surface area contributed by atoms with Crippen molar-refractivity contribution in [2.75, 3.05) is 11.5 Å². The van der Waals surface area contributed by atoms with Gasteiger partial charge in [0.15, 0.2) is 22.2 Å². The Balaban J connectivity index is 1.59. The van der Waals surface area contributed by atoms with Gasteiger partial charge in [-0.15, -0.1) is 0 Å². The molecule has 1 amide bonds. The molecule has 0 unspecified atom stereocenters. The van der Waals surface area contributed by atoms with Crippen molar-refractivity contribution < 1.29 is 13.9 Å². The van der Waals surface area contributed by atoms with Gasteiger partial charge in [-0.2, -0.15) is 0 Å². The van der Waals surface area contributed by atoms with Crippen LogP contribution in [0.4, 0.5) is 5.13 Å². The number of nitrogens with zero attached hydrogens (tertiary/aromatic N) is 2. The predicted octanol–water partition coefficient (Wildman–Crippen LogP) is 6.60. The van der Waals surface area contributed by atoms with E-state index in [-0.39, 0.29) is 11.7 Å². The normalized spacial score (nSPS) is 11.2. The van der Waals surface area contributed by atoms with Crippen LogP contribution >= 0.6 is 11.3 Å². The molecule has 0 radical (unpaired) electrons. The summed E-state index contributed by atoms with van der Waals surface area (Å²) in [6, 6.07) is 23.4. The molecule has 0 spiro atoms. The number of aromatic nitrogens is 1. The van der Waals surface area contributed by atoms with E-state index in [1.807, 2.05) is 80.6 Å². The van der Waals surface area contributed by atoms with Crippen LogP contribution in [0, 0.1) is 6.92 Å². The van der Waals surface area contributed by atoms with E-state index in [0.717, 1.165) is 26.7 Å². The van der Waals surface area contributed by atoms with Crippen LogP contribution in [0.15, 0.2) is 77.2 Å². The van der Waals surface area contributed by atoms with Gasteiger partial charge in [-0.1, -0.05) is 65.9 Å². The van der Waals surface area contributed by atoms with E-state index in [0.29, 0.717) is 29.6 Å². The first-order valence-corrected chi connectivity index (χ1v) is 11.3. The molecule has 0 bridgehead atoms. The first kappa shape index (κ1) is 20.3. The van der Waals surface area contributed by atoms with Crippen LogP contribution in [0.2, 0.25) is 0 Å². The molecule has 5 nitrogen and oxygen atoms in total. The Hall–Kier alpha value is -3.64. The van der Waals surface area contributed by atoms with Crippen molar-refractivity contribution in [2.45, 2.75) is 20.4 Å². The maximum Gasteiger partial charge on any atom is 0.296 e. The van der Waals surface area contributed by atoms with Crippen molar-refractivity contribution in [3.05, 3.63) is 89.7 Å². The second-order valence-electron chi connectivity index (χ2n) is 7.51. The fourth-order valence-electron chi connectivity index (χ4n) is 3.73. The molecule has 32 heavy (non-hydrogen) atoms. The third kappa shape index (κ3) is 3.74. The lowest BCUT2D eigenvalue weighted by molar-refractivity contribution is 0.0960. The topological polar surface area (TPSA) is 55.6 Å². The van der Waals surface area contributed by atoms with Gasteiger partial charge < -0.3 is 9.15 Å². The van der Waals surface area contributed by atoms with E-state index in [9.17, 15) is 4.79 Å². The molecule has 0 N–H and O–H groups in total. The van der Waals surface area contributed by atoms with Crippen molar-refractivity contribution in [1.29, 1.82) is 0 Å². The van der Waals surface area contributed by atoms with Crippen LogP contribution in [-0.4, -0.2) is 17.5 Å². The number of carbonyl (C=O) groups excluding carboxylic acids is 1. The third-order valence-electron chi connectivity index (χ3n) is 5.29. The minimum atomic E-state index is -0.232. The number of ether oxygens (including phenoxy) is 1. The lowest BCUT2D eigenvalue weighted by Crippen LogP contribution is -2.30. The average molecular weight is 443 g/mol. The summed E-state index contributed by atoms with van der Waals surface area (Å²) in [6.45, 7) is 4.87. The number of hydrogen-bond acceptors (Lipinski definition) is 5. The minimum Gasteiger partial charge on any atom is -0.490 e. The molecule has 0 aliphatic rings. The highest BCUT2D eigenvalue weighted by Crippen LogP contribution is 2.34. The molecular formula is C26H22N2O3S. The molecule has 2 heterocycles. The quantitative estimate of drug-likeness (QED) is 0.297. The zero-order valence-corrected chi connectivity index (χ0v) is 18.7. The highest BCUT2D eigenvalue weighted by atomic mass is 32.1. The molecule has 5 aromatic rings. The Morgan fingerprint density at radius 3 is 2.66 bits per heavy atom. The molecule has 5 rings (SSSR count). The molecule has 0 atom stereocenters. The standard InChI is InChI=1S/C26H22N2O3S/c1-3-30-20-13-8-12-19-15-21(31-24(19)20)25(29)28(16-18-10-5-4-6-11-18)26-27-23-17(2)9-7-14-22(23)32-26/h4-15H,3,16H2,1-2H3. The molecule has 6 heteroatoms. The van der Waals surface area contributed by atoms with Crippen molar-refractivity contribution in [3.8, 4) is 5.75 Å². The summed E-state index contributed by atoms with van der Waals surface area (Å²) in [7, 11) is 0. The largest absolute Gasteiger partial charge is 0.490 e. The Labute approximate surface area is 189 Å². The zero-order valence-electron chi connectivity index (χ0n) is 17.9. The fourth-order valence-corrected chi connectivity index (χ4v) is 4.77. The summed E-state index contributed by atoms with van der Waals surface area (Å²) in [4.78, 5) is 20.2. The average Bonchev–Trinajstić information content (AvgIpc) is 3.44. The number of para-hydroxylation sites is 2. The molecule has 0 saturated carbocycles. The van der Waals surface area contributed by atoms with Crippen LogP contribution in [0.3, 0.4) is 0 Å². The molecule has 0 aliphatic heterocycles. The van der Waals surface area contributed by atoms with Gasteiger partial charge in [-0.3, -0.25) is 9.69 Å². The van der Waals surface area contributed by atoms with E-state index in [2.05, 4.69) is 0 Å². The molecule has 3 aromatic carbocycles. The second-order valence-corrected chi connectivity index (χ2v) is 8.52.